The van der Waals surface area contributed by atoms with E-state index in [2.05, 4.69) is 4.90 Å². The first-order valence-electron chi connectivity index (χ1n) is 9.96. The van der Waals surface area contributed by atoms with Crippen molar-refractivity contribution in [3.05, 3.63) is 62.0 Å². The summed E-state index contributed by atoms with van der Waals surface area (Å²) in [6, 6.07) is 11.2. The first kappa shape index (κ1) is 20.3. The highest BCUT2D eigenvalue weighted by Crippen LogP contribution is 2.33. The maximum absolute atomic E-state index is 12.4. The molecule has 1 aliphatic heterocycles. The molecular weight excluding hydrogens is 410 g/mol. The van der Waals surface area contributed by atoms with Gasteiger partial charge in [-0.1, -0.05) is 35.1 Å². The average Bonchev–Trinajstić information content (AvgIpc) is 3.24. The molecule has 2 heterocycles. The quantitative estimate of drug-likeness (QED) is 0.451. The van der Waals surface area contributed by atoms with Crippen LogP contribution in [0.15, 0.2) is 36.4 Å². The van der Waals surface area contributed by atoms with Crippen LogP contribution in [-0.4, -0.2) is 40.3 Å². The van der Waals surface area contributed by atoms with Gasteiger partial charge in [-0.05, 0) is 48.9 Å². The van der Waals surface area contributed by atoms with Crippen LogP contribution in [0.5, 0.6) is 0 Å². The number of hydrogen-bond acceptors (Lipinski definition) is 5. The minimum atomic E-state index is -0.339. The predicted molar refractivity (Wildman–Crippen MR) is 114 cm³/mol. The van der Waals surface area contributed by atoms with E-state index in [0.29, 0.717) is 23.4 Å². The molecule has 1 aromatic carbocycles. The van der Waals surface area contributed by atoms with Gasteiger partial charge in [0.2, 0.25) is 5.91 Å². The second-order valence-corrected chi connectivity index (χ2v) is 9.59. The van der Waals surface area contributed by atoms with Crippen LogP contribution in [0.1, 0.15) is 29.7 Å². The molecule has 0 bridgehead atoms. The van der Waals surface area contributed by atoms with Crippen LogP contribution >= 0.6 is 22.9 Å². The van der Waals surface area contributed by atoms with Crippen molar-refractivity contribution in [2.45, 2.75) is 32.4 Å². The van der Waals surface area contributed by atoms with Crippen molar-refractivity contribution in [2.75, 3.05) is 19.6 Å². The highest BCUT2D eigenvalue weighted by atomic mass is 35.5. The molecule has 1 aromatic heterocycles. The second kappa shape index (κ2) is 8.81. The zero-order chi connectivity index (χ0) is 20.4. The van der Waals surface area contributed by atoms with Crippen LogP contribution in [0.4, 0.5) is 5.00 Å². The highest BCUT2D eigenvalue weighted by molar-refractivity contribution is 7.15. The summed E-state index contributed by atoms with van der Waals surface area (Å²) in [7, 11) is 0. The molecule has 1 atom stereocenters. The van der Waals surface area contributed by atoms with E-state index in [0.717, 1.165) is 55.9 Å². The van der Waals surface area contributed by atoms with Crippen LogP contribution in [0.3, 0.4) is 0 Å². The third kappa shape index (κ3) is 5.35. The third-order valence-corrected chi connectivity index (χ3v) is 6.80. The Morgan fingerprint density at radius 2 is 2.07 bits per heavy atom. The van der Waals surface area contributed by atoms with E-state index in [1.807, 2.05) is 35.2 Å². The summed E-state index contributed by atoms with van der Waals surface area (Å²) in [4.78, 5) is 28.4. The lowest BCUT2D eigenvalue weighted by molar-refractivity contribution is -0.380. The number of halogens is 1. The SMILES string of the molecule is O=C(C1CC1)N1CCC(CN(Cc2cccc(Cl)c2)Cc2ccc([N+](=O)[O-])s2)C1. The average molecular weight is 434 g/mol. The van der Waals surface area contributed by atoms with Gasteiger partial charge in [-0.2, -0.15) is 0 Å². The molecule has 1 aliphatic carbocycles. The smallest absolute Gasteiger partial charge is 0.324 e. The minimum Gasteiger partial charge on any atom is -0.342 e. The van der Waals surface area contributed by atoms with E-state index < -0.39 is 0 Å². The monoisotopic (exact) mass is 433 g/mol. The van der Waals surface area contributed by atoms with Gasteiger partial charge in [-0.25, -0.2) is 0 Å². The molecule has 6 nitrogen and oxygen atoms in total. The van der Waals surface area contributed by atoms with Gasteiger partial charge in [0, 0.05) is 54.6 Å². The Morgan fingerprint density at radius 3 is 2.76 bits per heavy atom. The minimum absolute atomic E-state index is 0.171. The molecule has 1 unspecified atom stereocenters. The lowest BCUT2D eigenvalue weighted by Crippen LogP contribution is -2.33. The molecule has 0 N–H and O–H groups in total. The molecule has 2 aromatic rings. The molecule has 154 valence electrons. The molecule has 2 fully saturated rings. The van der Waals surface area contributed by atoms with Crippen molar-refractivity contribution in [3.63, 3.8) is 0 Å². The maximum Gasteiger partial charge on any atom is 0.324 e. The largest absolute Gasteiger partial charge is 0.342 e. The molecular formula is C21H24ClN3O3S. The molecule has 1 saturated heterocycles. The molecule has 8 heteroatoms. The van der Waals surface area contributed by atoms with Crippen molar-refractivity contribution in [2.24, 2.45) is 11.8 Å². The van der Waals surface area contributed by atoms with Crippen LogP contribution in [0, 0.1) is 22.0 Å². The Kier molecular flexibility index (Phi) is 6.18. The summed E-state index contributed by atoms with van der Waals surface area (Å²) in [6.07, 6.45) is 3.09. The van der Waals surface area contributed by atoms with E-state index in [1.165, 1.54) is 11.3 Å². The lowest BCUT2D eigenvalue weighted by atomic mass is 10.1. The number of amides is 1. The van der Waals surface area contributed by atoms with E-state index in [9.17, 15) is 14.9 Å². The highest BCUT2D eigenvalue weighted by Gasteiger charge is 2.36. The number of benzene rings is 1. The van der Waals surface area contributed by atoms with Gasteiger partial charge in [0.25, 0.3) is 0 Å². The molecule has 2 aliphatic rings. The fourth-order valence-corrected chi connectivity index (χ4v) is 5.06. The van der Waals surface area contributed by atoms with Crippen molar-refractivity contribution >= 4 is 33.8 Å². The number of rotatable bonds is 8. The molecule has 4 rings (SSSR count). The molecule has 29 heavy (non-hydrogen) atoms. The van der Waals surface area contributed by atoms with Gasteiger partial charge in [-0.15, -0.1) is 0 Å². The number of carbonyl (C=O) groups excluding carboxylic acids is 1. The number of thiophene rings is 1. The molecule has 0 radical (unpaired) electrons. The van der Waals surface area contributed by atoms with Crippen molar-refractivity contribution < 1.29 is 9.72 Å². The molecule has 0 spiro atoms. The Bertz CT molecular complexity index is 899. The zero-order valence-corrected chi connectivity index (χ0v) is 17.7. The van der Waals surface area contributed by atoms with Crippen LogP contribution in [0.2, 0.25) is 5.02 Å². The standard InChI is InChI=1S/C21H24ClN3O3S/c22-18-3-1-2-15(10-18)11-23(14-19-6-7-20(29-19)25(27)28)12-16-8-9-24(13-16)21(26)17-4-5-17/h1-3,6-7,10,16-17H,4-5,8-9,11-14H2. The van der Waals surface area contributed by atoms with Gasteiger partial charge < -0.3 is 4.90 Å². The fraction of sp³-hybridized carbons (Fsp3) is 0.476. The Hall–Kier alpha value is -1.96. The van der Waals surface area contributed by atoms with Gasteiger partial charge in [0.05, 0.1) is 4.92 Å². The van der Waals surface area contributed by atoms with Crippen LogP contribution in [-0.2, 0) is 17.9 Å². The van der Waals surface area contributed by atoms with Gasteiger partial charge in [0.1, 0.15) is 0 Å². The first-order valence-corrected chi connectivity index (χ1v) is 11.2. The van der Waals surface area contributed by atoms with Crippen molar-refractivity contribution in [3.8, 4) is 0 Å². The summed E-state index contributed by atoms with van der Waals surface area (Å²) in [6.45, 7) is 3.88. The van der Waals surface area contributed by atoms with E-state index >= 15 is 0 Å². The maximum atomic E-state index is 12.4. The summed E-state index contributed by atoms with van der Waals surface area (Å²) < 4.78 is 0. The van der Waals surface area contributed by atoms with Gasteiger partial charge in [-0.3, -0.25) is 19.8 Å². The Morgan fingerprint density at radius 1 is 1.24 bits per heavy atom. The predicted octanol–water partition coefficient (Wildman–Crippen LogP) is 4.57. The van der Waals surface area contributed by atoms with Gasteiger partial charge >= 0.3 is 5.00 Å². The van der Waals surface area contributed by atoms with Crippen LogP contribution < -0.4 is 0 Å². The number of likely N-dealkylation sites (tertiary alicyclic amines) is 1. The normalized spacial score (nSPS) is 19.1. The van der Waals surface area contributed by atoms with E-state index in [1.54, 1.807) is 6.07 Å². The summed E-state index contributed by atoms with van der Waals surface area (Å²) in [5.74, 6) is 1.01. The first-order chi connectivity index (χ1) is 14.0. The van der Waals surface area contributed by atoms with E-state index in [-0.39, 0.29) is 15.8 Å². The Labute approximate surface area is 179 Å². The van der Waals surface area contributed by atoms with Crippen LogP contribution in [0.25, 0.3) is 0 Å². The summed E-state index contributed by atoms with van der Waals surface area (Å²) >= 11 is 7.38. The number of hydrogen-bond donors (Lipinski definition) is 0. The van der Waals surface area contributed by atoms with Crippen molar-refractivity contribution in [1.29, 1.82) is 0 Å². The molecule has 1 saturated carbocycles. The van der Waals surface area contributed by atoms with Gasteiger partial charge in [0.15, 0.2) is 0 Å². The second-order valence-electron chi connectivity index (χ2n) is 8.01. The number of nitrogens with zero attached hydrogens (tertiary/aromatic N) is 3. The third-order valence-electron chi connectivity index (χ3n) is 5.54. The topological polar surface area (TPSA) is 66.7 Å². The lowest BCUT2D eigenvalue weighted by Gasteiger charge is -2.25. The summed E-state index contributed by atoms with van der Waals surface area (Å²) in [5.41, 5.74) is 1.12. The summed E-state index contributed by atoms with van der Waals surface area (Å²) in [5, 5.41) is 11.9. The van der Waals surface area contributed by atoms with E-state index in [4.69, 9.17) is 11.6 Å². The zero-order valence-electron chi connectivity index (χ0n) is 16.1. The fourth-order valence-electron chi connectivity index (χ4n) is 3.98. The number of nitro groups is 1. The number of carbonyl (C=O) groups is 1. The molecule has 1 amide bonds. The van der Waals surface area contributed by atoms with Crippen molar-refractivity contribution in [1.82, 2.24) is 9.80 Å². The Balaban J connectivity index is 1.43.